The zero-order valence-electron chi connectivity index (χ0n) is 17.7. The molecule has 0 saturated carbocycles. The molecule has 1 saturated heterocycles. The predicted octanol–water partition coefficient (Wildman–Crippen LogP) is 4.17. The van der Waals surface area contributed by atoms with Crippen LogP contribution in [-0.4, -0.2) is 60.5 Å². The van der Waals surface area contributed by atoms with E-state index in [-0.39, 0.29) is 0 Å². The lowest BCUT2D eigenvalue weighted by Gasteiger charge is -2.37. The number of nitrogens with zero attached hydrogens (tertiary/aromatic N) is 2. The van der Waals surface area contributed by atoms with Crippen LogP contribution in [0.5, 0.6) is 5.75 Å². The highest BCUT2D eigenvalue weighted by Gasteiger charge is 2.38. The van der Waals surface area contributed by atoms with Gasteiger partial charge in [0.2, 0.25) is 0 Å². The van der Waals surface area contributed by atoms with Crippen molar-refractivity contribution in [1.82, 2.24) is 9.88 Å². The minimum atomic E-state index is -5.08. The fourth-order valence-corrected chi connectivity index (χ4v) is 4.28. The van der Waals surface area contributed by atoms with Gasteiger partial charge in [-0.3, -0.25) is 4.90 Å². The number of ether oxygens (including phenoxy) is 2. The standard InChI is InChI=1S/C19H26N2O2S.C2HF3O2/c1-14-13-24-19(20-14)12-21-9-8-18(23-3)16(11-21)10-15-4-6-17(22-2)7-5-15;3-2(4,5)1(6)7/h4-7,13,16,18H,8-12H2,1-3H3;(H,6,7)/t16-,18-;/m0./s1. The lowest BCUT2D eigenvalue weighted by atomic mass is 9.88. The second kappa shape index (κ2) is 11.4. The summed E-state index contributed by atoms with van der Waals surface area (Å²) in [6.45, 7) is 5.15. The molecule has 2 heterocycles. The summed E-state index contributed by atoms with van der Waals surface area (Å²) >= 11 is 1.76. The van der Waals surface area contributed by atoms with Crippen LogP contribution in [0.1, 0.15) is 22.7 Å². The van der Waals surface area contributed by atoms with Gasteiger partial charge in [-0.15, -0.1) is 11.3 Å². The van der Waals surface area contributed by atoms with Crippen molar-refractivity contribution >= 4 is 17.3 Å². The van der Waals surface area contributed by atoms with E-state index >= 15 is 0 Å². The number of hydrogen-bond acceptors (Lipinski definition) is 6. The zero-order valence-corrected chi connectivity index (χ0v) is 18.5. The van der Waals surface area contributed by atoms with Crippen molar-refractivity contribution in [2.24, 2.45) is 5.92 Å². The molecule has 0 amide bonds. The van der Waals surface area contributed by atoms with E-state index in [4.69, 9.17) is 19.4 Å². The first-order valence-electron chi connectivity index (χ1n) is 9.71. The van der Waals surface area contributed by atoms with Gasteiger partial charge in [0.15, 0.2) is 0 Å². The number of benzene rings is 1. The van der Waals surface area contributed by atoms with Crippen LogP contribution in [0.4, 0.5) is 13.2 Å². The number of carbonyl (C=O) groups is 1. The summed E-state index contributed by atoms with van der Waals surface area (Å²) in [5.74, 6) is -1.34. The Labute approximate surface area is 183 Å². The molecule has 10 heteroatoms. The van der Waals surface area contributed by atoms with E-state index in [0.717, 1.165) is 43.9 Å². The molecule has 1 aromatic carbocycles. The summed E-state index contributed by atoms with van der Waals surface area (Å²) in [6.07, 6.45) is -2.63. The average Bonchev–Trinajstić information content (AvgIpc) is 3.13. The minimum absolute atomic E-state index is 0.335. The van der Waals surface area contributed by atoms with Crippen molar-refractivity contribution in [3.63, 3.8) is 0 Å². The Balaban J connectivity index is 0.000000423. The maximum atomic E-state index is 10.6. The van der Waals surface area contributed by atoms with Crippen molar-refractivity contribution in [2.45, 2.75) is 38.6 Å². The highest BCUT2D eigenvalue weighted by atomic mass is 32.1. The number of aliphatic carboxylic acids is 1. The summed E-state index contributed by atoms with van der Waals surface area (Å²) in [5.41, 5.74) is 2.46. The number of alkyl halides is 3. The largest absolute Gasteiger partial charge is 0.497 e. The van der Waals surface area contributed by atoms with E-state index in [9.17, 15) is 13.2 Å². The van der Waals surface area contributed by atoms with Crippen LogP contribution in [-0.2, 0) is 22.5 Å². The van der Waals surface area contributed by atoms with Crippen molar-refractivity contribution in [1.29, 1.82) is 0 Å². The number of carboxylic acids is 1. The predicted molar refractivity (Wildman–Crippen MR) is 111 cm³/mol. The lowest BCUT2D eigenvalue weighted by Crippen LogP contribution is -2.44. The number of piperidine rings is 1. The molecule has 31 heavy (non-hydrogen) atoms. The third-order valence-corrected chi connectivity index (χ3v) is 5.93. The smallest absolute Gasteiger partial charge is 0.490 e. The second-order valence-corrected chi connectivity index (χ2v) is 8.24. The summed E-state index contributed by atoms with van der Waals surface area (Å²) in [6, 6.07) is 8.40. The van der Waals surface area contributed by atoms with E-state index in [0.29, 0.717) is 12.0 Å². The summed E-state index contributed by atoms with van der Waals surface area (Å²) in [5, 5.41) is 10.5. The third-order valence-electron chi connectivity index (χ3n) is 4.98. The van der Waals surface area contributed by atoms with Crippen molar-refractivity contribution in [3.05, 3.63) is 45.9 Å². The molecule has 1 N–H and O–H groups in total. The molecule has 172 valence electrons. The molecule has 3 rings (SSSR count). The monoisotopic (exact) mass is 460 g/mol. The Hall–Kier alpha value is -2.17. The van der Waals surface area contributed by atoms with Crippen molar-refractivity contribution in [2.75, 3.05) is 27.3 Å². The van der Waals surface area contributed by atoms with Crippen LogP contribution in [0.2, 0.25) is 0 Å². The molecule has 0 unspecified atom stereocenters. The molecule has 2 aromatic rings. The van der Waals surface area contributed by atoms with E-state index < -0.39 is 12.1 Å². The number of methoxy groups -OCH3 is 2. The molecule has 2 atom stereocenters. The fraction of sp³-hybridized carbons (Fsp3) is 0.524. The van der Waals surface area contributed by atoms with Crippen LogP contribution in [0, 0.1) is 12.8 Å². The zero-order chi connectivity index (χ0) is 23.0. The molecule has 0 radical (unpaired) electrons. The van der Waals surface area contributed by atoms with Gasteiger partial charge < -0.3 is 14.6 Å². The maximum absolute atomic E-state index is 10.6. The van der Waals surface area contributed by atoms with E-state index in [1.165, 1.54) is 10.6 Å². The van der Waals surface area contributed by atoms with Crippen LogP contribution in [0.3, 0.4) is 0 Å². The Morgan fingerprint density at radius 1 is 1.29 bits per heavy atom. The van der Waals surface area contributed by atoms with Crippen LogP contribution >= 0.6 is 11.3 Å². The van der Waals surface area contributed by atoms with E-state index in [2.05, 4.69) is 34.3 Å². The van der Waals surface area contributed by atoms with Gasteiger partial charge in [-0.1, -0.05) is 12.1 Å². The molecule has 6 nitrogen and oxygen atoms in total. The first-order chi connectivity index (χ1) is 14.6. The Bertz CT molecular complexity index is 827. The van der Waals surface area contributed by atoms with Crippen molar-refractivity contribution in [3.8, 4) is 5.75 Å². The van der Waals surface area contributed by atoms with Gasteiger partial charge in [0.25, 0.3) is 0 Å². The Kier molecular flexibility index (Phi) is 9.27. The maximum Gasteiger partial charge on any atom is 0.490 e. The molecule has 0 spiro atoms. The van der Waals surface area contributed by atoms with Gasteiger partial charge in [0.05, 0.1) is 19.8 Å². The first-order valence-corrected chi connectivity index (χ1v) is 10.6. The Morgan fingerprint density at radius 3 is 2.42 bits per heavy atom. The number of hydrogen-bond donors (Lipinski definition) is 1. The van der Waals surface area contributed by atoms with Gasteiger partial charge in [-0.05, 0) is 37.5 Å². The Morgan fingerprint density at radius 2 is 1.94 bits per heavy atom. The third kappa shape index (κ3) is 8.12. The van der Waals surface area contributed by atoms with Crippen LogP contribution < -0.4 is 4.74 Å². The first kappa shape index (κ1) is 25.1. The van der Waals surface area contributed by atoms with Crippen molar-refractivity contribution < 1.29 is 32.5 Å². The summed E-state index contributed by atoms with van der Waals surface area (Å²) in [4.78, 5) is 16.0. The molecule has 1 aliphatic heterocycles. The number of aryl methyl sites for hydroxylation is 1. The summed E-state index contributed by atoms with van der Waals surface area (Å²) < 4.78 is 42.7. The fourth-order valence-electron chi connectivity index (χ4n) is 3.47. The molecule has 0 aliphatic carbocycles. The average molecular weight is 461 g/mol. The second-order valence-electron chi connectivity index (χ2n) is 7.30. The van der Waals surface area contributed by atoms with Gasteiger partial charge in [0.1, 0.15) is 10.8 Å². The number of rotatable bonds is 6. The topological polar surface area (TPSA) is 71.9 Å². The molecular formula is C21H27F3N2O4S. The normalized spacial score (nSPS) is 19.4. The quantitative estimate of drug-likeness (QED) is 0.698. The number of carboxylic acid groups (broad SMARTS) is 1. The van der Waals surface area contributed by atoms with Crippen LogP contribution in [0.25, 0.3) is 0 Å². The number of halogens is 3. The number of likely N-dealkylation sites (tertiary alicyclic amines) is 1. The SMILES string of the molecule is COc1ccc(C[C@H]2CN(Cc3nc(C)cs3)CC[C@@H]2OC)cc1.O=C(O)C(F)(F)F. The lowest BCUT2D eigenvalue weighted by molar-refractivity contribution is -0.192. The molecule has 1 aromatic heterocycles. The van der Waals surface area contributed by atoms with Gasteiger partial charge in [-0.2, -0.15) is 13.2 Å². The molecular weight excluding hydrogens is 433 g/mol. The van der Waals surface area contributed by atoms with Gasteiger partial charge in [0, 0.05) is 37.2 Å². The van der Waals surface area contributed by atoms with E-state index in [1.54, 1.807) is 18.4 Å². The van der Waals surface area contributed by atoms with Gasteiger partial charge >= 0.3 is 12.1 Å². The van der Waals surface area contributed by atoms with Gasteiger partial charge in [-0.25, -0.2) is 9.78 Å². The highest BCUT2D eigenvalue weighted by Crippen LogP contribution is 2.26. The summed E-state index contributed by atoms with van der Waals surface area (Å²) in [7, 11) is 3.54. The molecule has 1 aliphatic rings. The van der Waals surface area contributed by atoms with Crippen LogP contribution in [0.15, 0.2) is 29.6 Å². The van der Waals surface area contributed by atoms with E-state index in [1.807, 2.05) is 19.2 Å². The molecule has 0 bridgehead atoms. The molecule has 1 fully saturated rings. The highest BCUT2D eigenvalue weighted by molar-refractivity contribution is 7.09. The minimum Gasteiger partial charge on any atom is -0.497 e. The number of aromatic nitrogens is 1. The number of thiazole rings is 1.